The van der Waals surface area contributed by atoms with Crippen LogP contribution in [0.3, 0.4) is 0 Å². The van der Waals surface area contributed by atoms with E-state index in [1.165, 1.54) is 5.57 Å². The fourth-order valence-corrected chi connectivity index (χ4v) is 6.43. The van der Waals surface area contributed by atoms with Gasteiger partial charge in [-0.2, -0.15) is 0 Å². The molecule has 1 spiro atoms. The fraction of sp³-hybridized carbons (Fsp3) is 0.724. The lowest BCUT2D eigenvalue weighted by Gasteiger charge is -2.54. The molecule has 5 heterocycles. The molecule has 1 aromatic rings. The molecule has 0 unspecified atom stereocenters. The Morgan fingerprint density at radius 1 is 1.13 bits per heavy atom. The highest BCUT2D eigenvalue weighted by Gasteiger charge is 2.43. The Labute approximate surface area is 230 Å². The quantitative estimate of drug-likeness (QED) is 0.503. The molecule has 39 heavy (non-hydrogen) atoms. The van der Waals surface area contributed by atoms with E-state index in [9.17, 15) is 13.6 Å². The molecule has 1 aromatic heterocycles. The summed E-state index contributed by atoms with van der Waals surface area (Å²) in [6, 6.07) is 2.48. The third-order valence-corrected chi connectivity index (χ3v) is 9.02. The first kappa shape index (κ1) is 28.1. The molecule has 0 N–H and O–H groups in total. The minimum Gasteiger partial charge on any atom is -0.444 e. The predicted molar refractivity (Wildman–Crippen MR) is 148 cm³/mol. The molecule has 0 radical (unpaired) electrons. The van der Waals surface area contributed by atoms with Crippen molar-refractivity contribution in [2.75, 3.05) is 62.2 Å². The Hall–Kier alpha value is -2.46. The van der Waals surface area contributed by atoms with E-state index in [0.717, 1.165) is 51.3 Å². The van der Waals surface area contributed by atoms with E-state index in [2.05, 4.69) is 39.6 Å². The largest absolute Gasteiger partial charge is 0.444 e. The molecule has 4 aliphatic heterocycles. The minimum atomic E-state index is -2.63. The van der Waals surface area contributed by atoms with Crippen LogP contribution < -0.4 is 9.80 Å². The molecule has 2 atom stereocenters. The van der Waals surface area contributed by atoms with E-state index < -0.39 is 12.0 Å². The number of nitrogens with zero attached hydrogens (tertiary/aromatic N) is 5. The molecule has 4 aliphatic rings. The number of ether oxygens (including phenoxy) is 2. The second kappa shape index (κ2) is 10.5. The summed E-state index contributed by atoms with van der Waals surface area (Å²) in [5, 5.41) is 0. The van der Waals surface area contributed by atoms with Crippen molar-refractivity contribution >= 4 is 17.6 Å². The predicted octanol–water partition coefficient (Wildman–Crippen LogP) is 4.77. The molecule has 216 valence electrons. The van der Waals surface area contributed by atoms with Crippen LogP contribution in [0.5, 0.6) is 0 Å². The summed E-state index contributed by atoms with van der Waals surface area (Å²) < 4.78 is 39.8. The standard InChI is InChI=1S/C29H43F2N5O3/c1-19-7-16-38-29(19)8-10-34(11-9-29)24-17-22(20(2)25(32-24)26(30)31)36-18-23(21(36)3)33-12-14-35(15-13-33)27(37)39-28(4,5)6/h7,17,21,23,26H,8-16,18H2,1-6H3/t21-,23-/m1/s1. The number of aromatic nitrogens is 1. The van der Waals surface area contributed by atoms with Gasteiger partial charge in [0, 0.05) is 69.7 Å². The van der Waals surface area contributed by atoms with Crippen LogP contribution in [0.25, 0.3) is 0 Å². The number of anilines is 2. The summed E-state index contributed by atoms with van der Waals surface area (Å²) in [7, 11) is 0. The molecular weight excluding hydrogens is 504 g/mol. The summed E-state index contributed by atoms with van der Waals surface area (Å²) in [5.74, 6) is 0.627. The number of alkyl halides is 2. The molecule has 8 nitrogen and oxygen atoms in total. The van der Waals surface area contributed by atoms with Gasteiger partial charge >= 0.3 is 6.09 Å². The summed E-state index contributed by atoms with van der Waals surface area (Å²) in [5.41, 5.74) is 1.84. The van der Waals surface area contributed by atoms with Crippen LogP contribution in [-0.4, -0.2) is 96.6 Å². The van der Waals surface area contributed by atoms with Crippen molar-refractivity contribution in [3.63, 3.8) is 0 Å². The summed E-state index contributed by atoms with van der Waals surface area (Å²) in [6.07, 6.45) is 0.922. The van der Waals surface area contributed by atoms with Gasteiger partial charge < -0.3 is 24.2 Å². The van der Waals surface area contributed by atoms with Gasteiger partial charge in [0.05, 0.1) is 12.2 Å². The Bertz CT molecular complexity index is 1100. The Kier molecular flexibility index (Phi) is 7.56. The average molecular weight is 548 g/mol. The van der Waals surface area contributed by atoms with Crippen LogP contribution in [-0.2, 0) is 9.47 Å². The zero-order chi connectivity index (χ0) is 28.1. The van der Waals surface area contributed by atoms with E-state index in [4.69, 9.17) is 9.47 Å². The zero-order valence-electron chi connectivity index (χ0n) is 24.2. The van der Waals surface area contributed by atoms with Gasteiger partial charge in [0.1, 0.15) is 17.1 Å². The maximum absolute atomic E-state index is 14.1. The molecule has 0 saturated carbocycles. The maximum Gasteiger partial charge on any atom is 0.410 e. The van der Waals surface area contributed by atoms with Crippen LogP contribution in [0, 0.1) is 6.92 Å². The van der Waals surface area contributed by atoms with Crippen LogP contribution in [0.2, 0.25) is 0 Å². The smallest absolute Gasteiger partial charge is 0.410 e. The highest BCUT2D eigenvalue weighted by atomic mass is 19.3. The monoisotopic (exact) mass is 547 g/mol. The molecule has 0 bridgehead atoms. The van der Waals surface area contributed by atoms with E-state index >= 15 is 0 Å². The Morgan fingerprint density at radius 3 is 2.33 bits per heavy atom. The molecule has 0 aromatic carbocycles. The lowest BCUT2D eigenvalue weighted by Crippen LogP contribution is -2.68. The first-order valence-corrected chi connectivity index (χ1v) is 14.2. The number of piperidine rings is 1. The van der Waals surface area contributed by atoms with Gasteiger partial charge in [-0.1, -0.05) is 6.08 Å². The van der Waals surface area contributed by atoms with E-state index in [-0.39, 0.29) is 23.4 Å². The van der Waals surface area contributed by atoms with Crippen molar-refractivity contribution in [1.29, 1.82) is 0 Å². The molecule has 3 saturated heterocycles. The van der Waals surface area contributed by atoms with E-state index in [1.54, 1.807) is 11.8 Å². The third-order valence-electron chi connectivity index (χ3n) is 9.02. The molecule has 10 heteroatoms. The van der Waals surface area contributed by atoms with Crippen LogP contribution in [0.1, 0.15) is 65.1 Å². The van der Waals surface area contributed by atoms with Crippen molar-refractivity contribution in [3.05, 3.63) is 29.0 Å². The lowest BCUT2D eigenvalue weighted by atomic mass is 9.85. The molecule has 1 amide bonds. The van der Waals surface area contributed by atoms with Gasteiger partial charge in [-0.25, -0.2) is 18.6 Å². The fourth-order valence-electron chi connectivity index (χ4n) is 6.43. The lowest BCUT2D eigenvalue weighted by molar-refractivity contribution is -0.000398. The van der Waals surface area contributed by atoms with E-state index in [0.29, 0.717) is 37.1 Å². The van der Waals surface area contributed by atoms with Crippen molar-refractivity contribution in [3.8, 4) is 0 Å². The van der Waals surface area contributed by atoms with Gasteiger partial charge in [-0.05, 0) is 65.5 Å². The zero-order valence-corrected chi connectivity index (χ0v) is 24.2. The number of pyridine rings is 1. The molecule has 3 fully saturated rings. The average Bonchev–Trinajstić information content (AvgIpc) is 3.23. The molecule has 0 aliphatic carbocycles. The van der Waals surface area contributed by atoms with Gasteiger partial charge in [0.15, 0.2) is 0 Å². The number of piperazine rings is 1. The Morgan fingerprint density at radius 2 is 1.79 bits per heavy atom. The number of carbonyl (C=O) groups excluding carboxylic acids is 1. The number of hydrogen-bond donors (Lipinski definition) is 0. The highest BCUT2D eigenvalue weighted by molar-refractivity contribution is 5.68. The number of hydrogen-bond acceptors (Lipinski definition) is 7. The summed E-state index contributed by atoms with van der Waals surface area (Å²) in [4.78, 5) is 25.4. The SMILES string of the molecule is CC1=CCOC12CCN(c1cc(N3C[C@@H](N4CCN(C(=O)OC(C)(C)C)CC4)[C@H]3C)c(C)c(C(F)F)n1)CC2. The normalized spacial score (nSPS) is 25.8. The minimum absolute atomic E-state index is 0.127. The maximum atomic E-state index is 14.1. The van der Waals surface area contributed by atoms with Gasteiger partial charge in [0.25, 0.3) is 6.43 Å². The van der Waals surface area contributed by atoms with E-state index in [1.807, 2.05) is 26.8 Å². The number of halogens is 2. The van der Waals surface area contributed by atoms with Gasteiger partial charge in [0.2, 0.25) is 0 Å². The first-order chi connectivity index (χ1) is 18.4. The van der Waals surface area contributed by atoms with Gasteiger partial charge in [-0.3, -0.25) is 4.90 Å². The topological polar surface area (TPSA) is 61.4 Å². The highest BCUT2D eigenvalue weighted by Crippen LogP contribution is 2.41. The number of amides is 1. The van der Waals surface area contributed by atoms with Crippen LogP contribution >= 0.6 is 0 Å². The molecule has 5 rings (SSSR count). The second-order valence-electron chi connectivity index (χ2n) is 12.5. The van der Waals surface area contributed by atoms with Crippen LogP contribution in [0.15, 0.2) is 17.7 Å². The van der Waals surface area contributed by atoms with Crippen molar-refractivity contribution < 1.29 is 23.0 Å². The summed E-state index contributed by atoms with van der Waals surface area (Å²) in [6.45, 7) is 17.3. The van der Waals surface area contributed by atoms with Crippen molar-refractivity contribution in [2.24, 2.45) is 0 Å². The molecular formula is C29H43F2N5O3. The summed E-state index contributed by atoms with van der Waals surface area (Å²) >= 11 is 0. The second-order valence-corrected chi connectivity index (χ2v) is 12.5. The first-order valence-electron chi connectivity index (χ1n) is 14.2. The van der Waals surface area contributed by atoms with Crippen molar-refractivity contribution in [1.82, 2.24) is 14.8 Å². The number of carbonyl (C=O) groups is 1. The van der Waals surface area contributed by atoms with Crippen molar-refractivity contribution in [2.45, 2.75) is 84.1 Å². The third kappa shape index (κ3) is 5.46. The number of rotatable bonds is 4. The Balaban J connectivity index is 1.25. The van der Waals surface area contributed by atoms with Gasteiger partial charge in [-0.15, -0.1) is 0 Å². The van der Waals surface area contributed by atoms with Crippen LogP contribution in [0.4, 0.5) is 25.1 Å².